The number of aromatic nitrogens is 2. The van der Waals surface area contributed by atoms with Gasteiger partial charge in [0.1, 0.15) is 0 Å². The summed E-state index contributed by atoms with van der Waals surface area (Å²) in [5, 5.41) is 8.55. The summed E-state index contributed by atoms with van der Waals surface area (Å²) >= 11 is 1.59. The normalized spacial score (nSPS) is 11.5. The molecule has 1 aromatic heterocycles. The Bertz CT molecular complexity index is 249. The Morgan fingerprint density at radius 1 is 1.82 bits per heavy atom. The zero-order chi connectivity index (χ0) is 8.10. The fourth-order valence-electron chi connectivity index (χ4n) is 0.770. The van der Waals surface area contributed by atoms with Crippen LogP contribution in [0.25, 0.3) is 4.91 Å². The van der Waals surface area contributed by atoms with Gasteiger partial charge in [-0.3, -0.25) is 5.10 Å². The number of nitrogens with one attached hydrogen (secondary N) is 1. The number of hydrogen-bond donors (Lipinski definition) is 1. The van der Waals surface area contributed by atoms with Crippen LogP contribution in [0.4, 0.5) is 0 Å². The minimum absolute atomic E-state index is 1.04. The molecule has 3 heteroatoms. The molecule has 0 radical (unpaired) electrons. The largest absolute Gasteiger partial charge is 0.277 e. The molecule has 0 bridgehead atoms. The molecule has 0 saturated heterocycles. The molecule has 0 fully saturated rings. The van der Waals surface area contributed by atoms with Crippen molar-refractivity contribution in [2.24, 2.45) is 0 Å². The fraction of sp³-hybridized carbons (Fsp3) is 0.125. The number of hydrogen-bond acceptors (Lipinski definition) is 2. The number of nitrogens with zero attached hydrogens (tertiary/aromatic N) is 1. The van der Waals surface area contributed by atoms with Gasteiger partial charge in [0.05, 0.1) is 5.69 Å². The van der Waals surface area contributed by atoms with E-state index in [1.54, 1.807) is 23.4 Å². The van der Waals surface area contributed by atoms with E-state index >= 15 is 0 Å². The maximum absolute atomic E-state index is 3.86. The van der Waals surface area contributed by atoms with Crippen LogP contribution >= 0.6 is 11.8 Å². The van der Waals surface area contributed by atoms with Gasteiger partial charge in [-0.1, -0.05) is 24.4 Å². The molecule has 0 aliphatic rings. The zero-order valence-electron chi connectivity index (χ0n) is 6.37. The predicted molar refractivity (Wildman–Crippen MR) is 50.0 cm³/mol. The van der Waals surface area contributed by atoms with Crippen LogP contribution in [0.2, 0.25) is 0 Å². The molecule has 1 aromatic rings. The zero-order valence-corrected chi connectivity index (χ0v) is 7.19. The number of H-pyrrole nitrogens is 1. The van der Waals surface area contributed by atoms with Crippen LogP contribution < -0.4 is 0 Å². The third-order valence-electron chi connectivity index (χ3n) is 1.24. The first kappa shape index (κ1) is 8.14. The molecule has 0 unspecified atom stereocenters. The quantitative estimate of drug-likeness (QED) is 0.747. The average molecular weight is 166 g/mol. The molecule has 0 aliphatic carbocycles. The first-order valence-electron chi connectivity index (χ1n) is 3.32. The molecule has 2 nitrogen and oxygen atoms in total. The molecule has 0 aromatic carbocycles. The maximum Gasteiger partial charge on any atom is 0.0713 e. The highest BCUT2D eigenvalue weighted by Gasteiger charge is 1.98. The molecule has 1 heterocycles. The summed E-state index contributed by atoms with van der Waals surface area (Å²) in [6.45, 7) is 5.64. The van der Waals surface area contributed by atoms with Crippen LogP contribution in [0.5, 0.6) is 0 Å². The Labute approximate surface area is 70.4 Å². The standard InChI is InChI=1S/C8H10N2S/c1-3-8(11-4-2)7-5-6-9-10-7/h3-6H,2H2,1H3,(H,9,10)/b8-3-. The van der Waals surface area contributed by atoms with Crippen LogP contribution in [0.1, 0.15) is 12.6 Å². The highest BCUT2D eigenvalue weighted by molar-refractivity contribution is 8.10. The van der Waals surface area contributed by atoms with E-state index in [-0.39, 0.29) is 0 Å². The molecule has 58 valence electrons. The second-order valence-corrected chi connectivity index (χ2v) is 2.92. The van der Waals surface area contributed by atoms with Gasteiger partial charge in [-0.05, 0) is 18.4 Å². The van der Waals surface area contributed by atoms with Crippen LogP contribution in [0.3, 0.4) is 0 Å². The summed E-state index contributed by atoms with van der Waals surface area (Å²) in [5.74, 6) is 0. The molecule has 0 amide bonds. The third-order valence-corrected chi connectivity index (χ3v) is 2.11. The molecule has 11 heavy (non-hydrogen) atoms. The van der Waals surface area contributed by atoms with Crippen molar-refractivity contribution >= 4 is 16.7 Å². The van der Waals surface area contributed by atoms with E-state index < -0.39 is 0 Å². The number of aromatic amines is 1. The van der Waals surface area contributed by atoms with Gasteiger partial charge in [-0.25, -0.2) is 0 Å². The van der Waals surface area contributed by atoms with Crippen molar-refractivity contribution in [1.29, 1.82) is 0 Å². The van der Waals surface area contributed by atoms with Crippen molar-refractivity contribution in [3.63, 3.8) is 0 Å². The second kappa shape index (κ2) is 4.03. The first-order valence-corrected chi connectivity index (χ1v) is 4.20. The third kappa shape index (κ3) is 1.98. The number of allylic oxidation sites excluding steroid dienone is 1. The molecule has 1 rings (SSSR count). The van der Waals surface area contributed by atoms with Gasteiger partial charge in [0.2, 0.25) is 0 Å². The summed E-state index contributed by atoms with van der Waals surface area (Å²) in [7, 11) is 0. The molecule has 1 N–H and O–H groups in total. The summed E-state index contributed by atoms with van der Waals surface area (Å²) in [5.41, 5.74) is 1.04. The van der Waals surface area contributed by atoms with Crippen LogP contribution in [-0.2, 0) is 0 Å². The van der Waals surface area contributed by atoms with E-state index in [4.69, 9.17) is 0 Å². The topological polar surface area (TPSA) is 28.7 Å². The summed E-state index contributed by atoms with van der Waals surface area (Å²) in [4.78, 5) is 1.15. The lowest BCUT2D eigenvalue weighted by Gasteiger charge is -1.97. The van der Waals surface area contributed by atoms with Crippen LogP contribution in [-0.4, -0.2) is 10.2 Å². The van der Waals surface area contributed by atoms with Gasteiger partial charge >= 0.3 is 0 Å². The molecule has 0 saturated carbocycles. The number of rotatable bonds is 3. The van der Waals surface area contributed by atoms with Crippen LogP contribution in [0.15, 0.2) is 30.3 Å². The van der Waals surface area contributed by atoms with E-state index in [2.05, 4.69) is 16.8 Å². The SMILES string of the molecule is C=CS/C(=C\C)c1ccn[nH]1. The summed E-state index contributed by atoms with van der Waals surface area (Å²) < 4.78 is 0. The van der Waals surface area contributed by atoms with Gasteiger partial charge in [0, 0.05) is 11.1 Å². The smallest absolute Gasteiger partial charge is 0.0713 e. The summed E-state index contributed by atoms with van der Waals surface area (Å²) in [6.07, 6.45) is 3.77. The summed E-state index contributed by atoms with van der Waals surface area (Å²) in [6, 6.07) is 1.94. The van der Waals surface area contributed by atoms with Crippen molar-refractivity contribution in [1.82, 2.24) is 10.2 Å². The molecular weight excluding hydrogens is 156 g/mol. The van der Waals surface area contributed by atoms with E-state index in [0.29, 0.717) is 0 Å². The highest BCUT2D eigenvalue weighted by atomic mass is 32.2. The van der Waals surface area contributed by atoms with Crippen molar-refractivity contribution in [2.75, 3.05) is 0 Å². The molecule has 0 aliphatic heterocycles. The van der Waals surface area contributed by atoms with Gasteiger partial charge in [0.15, 0.2) is 0 Å². The lowest BCUT2D eigenvalue weighted by Crippen LogP contribution is -1.77. The maximum atomic E-state index is 3.86. The Morgan fingerprint density at radius 3 is 3.09 bits per heavy atom. The monoisotopic (exact) mass is 166 g/mol. The van der Waals surface area contributed by atoms with Crippen molar-refractivity contribution in [2.45, 2.75) is 6.92 Å². The van der Waals surface area contributed by atoms with E-state index in [1.807, 2.05) is 19.1 Å². The minimum Gasteiger partial charge on any atom is -0.277 e. The van der Waals surface area contributed by atoms with E-state index in [9.17, 15) is 0 Å². The molecule has 0 spiro atoms. The lowest BCUT2D eigenvalue weighted by molar-refractivity contribution is 1.08. The van der Waals surface area contributed by atoms with Crippen molar-refractivity contribution in [3.8, 4) is 0 Å². The highest BCUT2D eigenvalue weighted by Crippen LogP contribution is 2.25. The van der Waals surface area contributed by atoms with Gasteiger partial charge in [0.25, 0.3) is 0 Å². The van der Waals surface area contributed by atoms with Crippen molar-refractivity contribution in [3.05, 3.63) is 36.0 Å². The lowest BCUT2D eigenvalue weighted by atomic mass is 10.4. The molecule has 0 atom stereocenters. The predicted octanol–water partition coefficient (Wildman–Crippen LogP) is 2.65. The Hall–Kier alpha value is -0.960. The van der Waals surface area contributed by atoms with Crippen LogP contribution in [0, 0.1) is 0 Å². The van der Waals surface area contributed by atoms with Crippen molar-refractivity contribution < 1.29 is 0 Å². The Balaban J connectivity index is 2.80. The molecular formula is C8H10N2S. The van der Waals surface area contributed by atoms with Gasteiger partial charge in [-0.15, -0.1) is 0 Å². The van der Waals surface area contributed by atoms with Gasteiger partial charge < -0.3 is 0 Å². The average Bonchev–Trinajstić information content (AvgIpc) is 2.52. The Morgan fingerprint density at radius 2 is 2.64 bits per heavy atom. The number of thioether (sulfide) groups is 1. The van der Waals surface area contributed by atoms with Gasteiger partial charge in [-0.2, -0.15) is 5.10 Å². The minimum atomic E-state index is 1.04. The Kier molecular flexibility index (Phi) is 2.98. The van der Waals surface area contributed by atoms with E-state index in [0.717, 1.165) is 10.6 Å². The second-order valence-electron chi connectivity index (χ2n) is 1.91. The van der Waals surface area contributed by atoms with E-state index in [1.165, 1.54) is 0 Å². The fourth-order valence-corrected chi connectivity index (χ4v) is 1.33. The first-order chi connectivity index (χ1) is 5.38.